The first-order valence-electron chi connectivity index (χ1n) is 6.32. The van der Waals surface area contributed by atoms with Crippen molar-refractivity contribution in [3.8, 4) is 0 Å². The minimum Gasteiger partial charge on any atom is -0.324 e. The van der Waals surface area contributed by atoms with Gasteiger partial charge in [-0.25, -0.2) is 0 Å². The van der Waals surface area contributed by atoms with Crippen LogP contribution >= 0.6 is 0 Å². The van der Waals surface area contributed by atoms with Gasteiger partial charge in [0, 0.05) is 6.04 Å². The second-order valence-corrected chi connectivity index (χ2v) is 4.77. The molecule has 0 fully saturated rings. The monoisotopic (exact) mass is 207 g/mol. The van der Waals surface area contributed by atoms with Gasteiger partial charge in [-0.3, -0.25) is 0 Å². The molecule has 15 heavy (non-hydrogen) atoms. The van der Waals surface area contributed by atoms with Gasteiger partial charge in [-0.05, 0) is 31.1 Å². The molecule has 1 aliphatic rings. The van der Waals surface area contributed by atoms with Crippen molar-refractivity contribution in [2.24, 2.45) is 17.6 Å². The molecule has 2 N–H and O–H groups in total. The summed E-state index contributed by atoms with van der Waals surface area (Å²) in [5.41, 5.74) is 5.85. The maximum absolute atomic E-state index is 5.85. The summed E-state index contributed by atoms with van der Waals surface area (Å²) in [6.45, 7) is 6.20. The molecule has 0 aromatic heterocycles. The highest BCUT2D eigenvalue weighted by Crippen LogP contribution is 2.27. The molecule has 0 saturated heterocycles. The lowest BCUT2D eigenvalue weighted by Crippen LogP contribution is -2.15. The Bertz CT molecular complexity index is 207. The first-order chi connectivity index (χ1) is 7.26. The lowest BCUT2D eigenvalue weighted by molar-refractivity contribution is 0.429. The number of nitrogens with two attached hydrogens (primary N) is 1. The Kier molecular flexibility index (Phi) is 5.70. The quantitative estimate of drug-likeness (QED) is 0.500. The molecule has 3 atom stereocenters. The molecule has 1 heteroatoms. The molecule has 0 radical (unpaired) electrons. The standard InChI is InChI=1S/C14H25N/c1-3-5-6-7-12(4-2)10-13-8-9-14(15)11-13/h4,8-9,12-14H,2-3,5-7,10-11,15H2,1H3. The van der Waals surface area contributed by atoms with Crippen molar-refractivity contribution in [3.63, 3.8) is 0 Å². The van der Waals surface area contributed by atoms with Crippen LogP contribution in [0.4, 0.5) is 0 Å². The van der Waals surface area contributed by atoms with Crippen LogP contribution in [0.2, 0.25) is 0 Å². The minimum absolute atomic E-state index is 0.302. The maximum atomic E-state index is 5.85. The average molecular weight is 207 g/mol. The summed E-state index contributed by atoms with van der Waals surface area (Å²) < 4.78 is 0. The highest BCUT2D eigenvalue weighted by atomic mass is 14.6. The number of allylic oxidation sites excluding steroid dienone is 2. The zero-order valence-corrected chi connectivity index (χ0v) is 9.99. The van der Waals surface area contributed by atoms with Gasteiger partial charge in [0.2, 0.25) is 0 Å². The van der Waals surface area contributed by atoms with Crippen LogP contribution in [0.15, 0.2) is 24.8 Å². The molecular formula is C14H25N. The van der Waals surface area contributed by atoms with Gasteiger partial charge in [-0.2, -0.15) is 0 Å². The van der Waals surface area contributed by atoms with Gasteiger partial charge in [0.25, 0.3) is 0 Å². The maximum Gasteiger partial charge on any atom is 0.0229 e. The molecule has 0 bridgehead atoms. The predicted molar refractivity (Wildman–Crippen MR) is 67.7 cm³/mol. The zero-order valence-electron chi connectivity index (χ0n) is 9.99. The molecule has 86 valence electrons. The Hall–Kier alpha value is -0.560. The fourth-order valence-corrected chi connectivity index (χ4v) is 2.36. The topological polar surface area (TPSA) is 26.0 Å². The van der Waals surface area contributed by atoms with E-state index in [4.69, 9.17) is 5.73 Å². The van der Waals surface area contributed by atoms with Crippen LogP contribution in [0.1, 0.15) is 45.4 Å². The summed E-state index contributed by atoms with van der Waals surface area (Å²) in [5, 5.41) is 0. The third-order valence-electron chi connectivity index (χ3n) is 3.32. The predicted octanol–water partition coefficient (Wildman–Crippen LogP) is 3.66. The number of rotatable bonds is 7. The summed E-state index contributed by atoms with van der Waals surface area (Å²) in [6.07, 6.45) is 14.3. The van der Waals surface area contributed by atoms with E-state index >= 15 is 0 Å². The molecular weight excluding hydrogens is 182 g/mol. The SMILES string of the molecule is C=CC(CCCCC)CC1C=CC(N)C1. The first-order valence-corrected chi connectivity index (χ1v) is 6.32. The lowest BCUT2D eigenvalue weighted by atomic mass is 9.90. The molecule has 1 aliphatic carbocycles. The van der Waals surface area contributed by atoms with E-state index in [0.29, 0.717) is 17.9 Å². The van der Waals surface area contributed by atoms with Crippen molar-refractivity contribution in [2.45, 2.75) is 51.5 Å². The van der Waals surface area contributed by atoms with Crippen molar-refractivity contribution in [2.75, 3.05) is 0 Å². The van der Waals surface area contributed by atoms with Crippen LogP contribution in [0.5, 0.6) is 0 Å². The first kappa shape index (κ1) is 12.5. The molecule has 0 amide bonds. The Morgan fingerprint density at radius 1 is 1.47 bits per heavy atom. The van der Waals surface area contributed by atoms with Crippen LogP contribution in [0.25, 0.3) is 0 Å². The molecule has 3 unspecified atom stereocenters. The van der Waals surface area contributed by atoms with Gasteiger partial charge < -0.3 is 5.73 Å². The van der Waals surface area contributed by atoms with E-state index in [1.54, 1.807) is 0 Å². The van der Waals surface area contributed by atoms with E-state index in [1.165, 1.54) is 32.1 Å². The van der Waals surface area contributed by atoms with E-state index in [-0.39, 0.29) is 0 Å². The van der Waals surface area contributed by atoms with Gasteiger partial charge in [0.05, 0.1) is 0 Å². The van der Waals surface area contributed by atoms with Crippen LogP contribution < -0.4 is 5.73 Å². The summed E-state index contributed by atoms with van der Waals surface area (Å²) in [7, 11) is 0. The van der Waals surface area contributed by atoms with Crippen molar-refractivity contribution in [1.29, 1.82) is 0 Å². The van der Waals surface area contributed by atoms with Gasteiger partial charge in [-0.15, -0.1) is 6.58 Å². The minimum atomic E-state index is 0.302. The second kappa shape index (κ2) is 6.84. The van der Waals surface area contributed by atoms with Gasteiger partial charge in [0.1, 0.15) is 0 Å². The Balaban J connectivity index is 2.21. The molecule has 1 rings (SSSR count). The largest absolute Gasteiger partial charge is 0.324 e. The van der Waals surface area contributed by atoms with Crippen LogP contribution in [-0.2, 0) is 0 Å². The van der Waals surface area contributed by atoms with Crippen LogP contribution in [-0.4, -0.2) is 6.04 Å². The summed E-state index contributed by atoms with van der Waals surface area (Å²) in [4.78, 5) is 0. The Morgan fingerprint density at radius 2 is 2.27 bits per heavy atom. The lowest BCUT2D eigenvalue weighted by Gasteiger charge is -2.16. The fraction of sp³-hybridized carbons (Fsp3) is 0.714. The van der Waals surface area contributed by atoms with Gasteiger partial charge in [-0.1, -0.05) is 44.4 Å². The van der Waals surface area contributed by atoms with E-state index in [2.05, 4.69) is 31.7 Å². The van der Waals surface area contributed by atoms with Crippen molar-refractivity contribution < 1.29 is 0 Å². The molecule has 0 spiro atoms. The van der Waals surface area contributed by atoms with Gasteiger partial charge >= 0.3 is 0 Å². The Morgan fingerprint density at radius 3 is 2.80 bits per heavy atom. The van der Waals surface area contributed by atoms with Crippen molar-refractivity contribution in [1.82, 2.24) is 0 Å². The number of unbranched alkanes of at least 4 members (excludes halogenated alkanes) is 2. The fourth-order valence-electron chi connectivity index (χ4n) is 2.36. The highest BCUT2D eigenvalue weighted by molar-refractivity contribution is 5.05. The van der Waals surface area contributed by atoms with Gasteiger partial charge in [0.15, 0.2) is 0 Å². The molecule has 1 nitrogen and oxygen atoms in total. The van der Waals surface area contributed by atoms with E-state index < -0.39 is 0 Å². The highest BCUT2D eigenvalue weighted by Gasteiger charge is 2.18. The Labute approximate surface area is 94.4 Å². The molecule has 0 saturated carbocycles. The smallest absolute Gasteiger partial charge is 0.0229 e. The van der Waals surface area contributed by atoms with E-state index in [0.717, 1.165) is 6.42 Å². The number of hydrogen-bond acceptors (Lipinski definition) is 1. The summed E-state index contributed by atoms with van der Waals surface area (Å²) in [6, 6.07) is 0.302. The summed E-state index contributed by atoms with van der Waals surface area (Å²) in [5.74, 6) is 1.39. The van der Waals surface area contributed by atoms with E-state index in [1.807, 2.05) is 0 Å². The molecule has 0 aliphatic heterocycles. The normalized spacial score (nSPS) is 26.8. The third kappa shape index (κ3) is 4.65. The summed E-state index contributed by atoms with van der Waals surface area (Å²) >= 11 is 0. The second-order valence-electron chi connectivity index (χ2n) is 4.77. The molecule has 0 aromatic carbocycles. The van der Waals surface area contributed by atoms with E-state index in [9.17, 15) is 0 Å². The number of hydrogen-bond donors (Lipinski definition) is 1. The van der Waals surface area contributed by atoms with Crippen molar-refractivity contribution in [3.05, 3.63) is 24.8 Å². The average Bonchev–Trinajstić information content (AvgIpc) is 2.63. The van der Waals surface area contributed by atoms with Crippen LogP contribution in [0.3, 0.4) is 0 Å². The van der Waals surface area contributed by atoms with Crippen molar-refractivity contribution >= 4 is 0 Å². The van der Waals surface area contributed by atoms with Crippen LogP contribution in [0, 0.1) is 11.8 Å². The zero-order chi connectivity index (χ0) is 11.1. The third-order valence-corrected chi connectivity index (χ3v) is 3.32. The molecule has 0 heterocycles. The molecule has 0 aromatic rings.